The van der Waals surface area contributed by atoms with Crippen LogP contribution in [0.25, 0.3) is 0 Å². The first-order valence-corrected chi connectivity index (χ1v) is 7.31. The third-order valence-corrected chi connectivity index (χ3v) is 4.12. The molecule has 96 valence electrons. The van der Waals surface area contributed by atoms with Gasteiger partial charge in [0.25, 0.3) is 0 Å². The van der Waals surface area contributed by atoms with E-state index in [9.17, 15) is 0 Å². The number of aryl methyl sites for hydroxylation is 2. The van der Waals surface area contributed by atoms with Gasteiger partial charge in [-0.2, -0.15) is 5.26 Å². The molecule has 0 saturated carbocycles. The normalized spacial score (nSPS) is 10.3. The second kappa shape index (κ2) is 5.72. The Labute approximate surface area is 125 Å². The molecule has 3 nitrogen and oxygen atoms in total. The summed E-state index contributed by atoms with van der Waals surface area (Å²) in [6.07, 6.45) is 0. The van der Waals surface area contributed by atoms with Crippen LogP contribution < -0.4 is 0 Å². The first kappa shape index (κ1) is 14.0. The van der Waals surface area contributed by atoms with Gasteiger partial charge in [-0.1, -0.05) is 15.9 Å². The fourth-order valence-corrected chi connectivity index (χ4v) is 3.17. The van der Waals surface area contributed by atoms with Gasteiger partial charge >= 0.3 is 0 Å². The lowest BCUT2D eigenvalue weighted by atomic mass is 10.2. The molecule has 1 heterocycles. The zero-order valence-electron chi connectivity index (χ0n) is 10.9. The molecule has 2 aromatic rings. The minimum atomic E-state index is 0.623. The molecule has 0 aliphatic heterocycles. The summed E-state index contributed by atoms with van der Waals surface area (Å²) in [7, 11) is 0. The lowest BCUT2D eigenvalue weighted by molar-refractivity contribution is 0.881. The van der Waals surface area contributed by atoms with Crippen LogP contribution in [-0.2, 0) is 0 Å². The lowest BCUT2D eigenvalue weighted by Gasteiger charge is -2.07. The largest absolute Gasteiger partial charge is 0.227 e. The molecule has 0 fully saturated rings. The van der Waals surface area contributed by atoms with Crippen molar-refractivity contribution in [1.29, 1.82) is 5.26 Å². The van der Waals surface area contributed by atoms with Crippen molar-refractivity contribution in [3.63, 3.8) is 0 Å². The molecular weight excluding hydrogens is 322 g/mol. The van der Waals surface area contributed by atoms with Crippen LogP contribution in [0.15, 0.2) is 32.7 Å². The Balaban J connectivity index is 2.36. The Morgan fingerprint density at radius 2 is 1.74 bits per heavy atom. The second-order valence-electron chi connectivity index (χ2n) is 4.19. The molecule has 0 saturated heterocycles. The highest BCUT2D eigenvalue weighted by atomic mass is 79.9. The Morgan fingerprint density at radius 3 is 2.32 bits per heavy atom. The molecule has 19 heavy (non-hydrogen) atoms. The number of benzene rings is 1. The summed E-state index contributed by atoms with van der Waals surface area (Å²) in [6.45, 7) is 5.98. The van der Waals surface area contributed by atoms with Crippen LogP contribution in [0, 0.1) is 32.1 Å². The van der Waals surface area contributed by atoms with E-state index >= 15 is 0 Å². The molecule has 5 heteroatoms. The van der Waals surface area contributed by atoms with E-state index in [-0.39, 0.29) is 0 Å². The summed E-state index contributed by atoms with van der Waals surface area (Å²) in [5.41, 5.74) is 3.73. The summed E-state index contributed by atoms with van der Waals surface area (Å²) in [5.74, 6) is 0. The number of halogens is 1. The number of hydrogen-bond acceptors (Lipinski definition) is 4. The van der Waals surface area contributed by atoms with Crippen molar-refractivity contribution in [2.75, 3.05) is 0 Å². The van der Waals surface area contributed by atoms with Crippen LogP contribution >= 0.6 is 27.7 Å². The number of hydrogen-bond donors (Lipinski definition) is 0. The Bertz CT molecular complexity index is 654. The summed E-state index contributed by atoms with van der Waals surface area (Å²) >= 11 is 4.87. The minimum absolute atomic E-state index is 0.623. The second-order valence-corrected chi connectivity index (χ2v) is 6.15. The van der Waals surface area contributed by atoms with Crippen molar-refractivity contribution in [3.05, 3.63) is 45.2 Å². The van der Waals surface area contributed by atoms with Gasteiger partial charge in [0.2, 0.25) is 0 Å². The van der Waals surface area contributed by atoms with Gasteiger partial charge in [0.1, 0.15) is 0 Å². The molecule has 0 spiro atoms. The standard InChI is InChI=1S/C14H12BrN3S/c1-8-9(2)17-14(18-10(8)3)19-13-5-11(7-16)4-12(15)6-13/h4-6H,1-3H3. The monoisotopic (exact) mass is 333 g/mol. The number of nitriles is 1. The minimum Gasteiger partial charge on any atom is -0.227 e. The van der Waals surface area contributed by atoms with E-state index in [1.807, 2.05) is 32.9 Å². The summed E-state index contributed by atoms with van der Waals surface area (Å²) in [4.78, 5) is 9.89. The molecule has 0 bridgehead atoms. The molecule has 0 amide bonds. The van der Waals surface area contributed by atoms with E-state index in [4.69, 9.17) is 5.26 Å². The first-order valence-electron chi connectivity index (χ1n) is 5.70. The van der Waals surface area contributed by atoms with Gasteiger partial charge in [-0.3, -0.25) is 0 Å². The van der Waals surface area contributed by atoms with Gasteiger partial charge in [-0.25, -0.2) is 9.97 Å². The molecule has 0 N–H and O–H groups in total. The van der Waals surface area contributed by atoms with E-state index in [0.717, 1.165) is 26.3 Å². The fraction of sp³-hybridized carbons (Fsp3) is 0.214. The van der Waals surface area contributed by atoms with Gasteiger partial charge in [0.15, 0.2) is 5.16 Å². The van der Waals surface area contributed by atoms with Gasteiger partial charge in [-0.15, -0.1) is 0 Å². The summed E-state index contributed by atoms with van der Waals surface area (Å²) in [6, 6.07) is 7.72. The smallest absolute Gasteiger partial charge is 0.192 e. The maximum absolute atomic E-state index is 8.97. The first-order chi connectivity index (χ1) is 8.99. The quantitative estimate of drug-likeness (QED) is 0.773. The predicted octanol–water partition coefficient (Wildman–Crippen LogP) is 4.19. The van der Waals surface area contributed by atoms with Gasteiger partial charge in [0.05, 0.1) is 11.6 Å². The highest BCUT2D eigenvalue weighted by molar-refractivity contribution is 9.10. The van der Waals surface area contributed by atoms with Crippen molar-refractivity contribution >= 4 is 27.7 Å². The van der Waals surface area contributed by atoms with Crippen LogP contribution in [0.4, 0.5) is 0 Å². The zero-order chi connectivity index (χ0) is 14.0. The van der Waals surface area contributed by atoms with E-state index in [1.165, 1.54) is 11.8 Å². The number of nitrogens with zero attached hydrogens (tertiary/aromatic N) is 3. The van der Waals surface area contributed by atoms with Crippen LogP contribution in [0.5, 0.6) is 0 Å². The topological polar surface area (TPSA) is 49.6 Å². The number of aromatic nitrogens is 2. The SMILES string of the molecule is Cc1nc(Sc2cc(Br)cc(C#N)c2)nc(C)c1C. The van der Waals surface area contributed by atoms with Crippen molar-refractivity contribution in [3.8, 4) is 6.07 Å². The molecule has 0 aliphatic rings. The molecule has 1 aromatic carbocycles. The van der Waals surface area contributed by atoms with Gasteiger partial charge in [-0.05, 0) is 56.3 Å². The van der Waals surface area contributed by atoms with Crippen LogP contribution in [0.3, 0.4) is 0 Å². The summed E-state index contributed by atoms with van der Waals surface area (Å²) < 4.78 is 0.884. The van der Waals surface area contributed by atoms with Gasteiger partial charge in [0, 0.05) is 20.8 Å². The van der Waals surface area contributed by atoms with E-state index in [2.05, 4.69) is 32.0 Å². The summed E-state index contributed by atoms with van der Waals surface area (Å²) in [5, 5.41) is 9.68. The molecule has 2 rings (SSSR count). The lowest BCUT2D eigenvalue weighted by Crippen LogP contribution is -1.97. The van der Waals surface area contributed by atoms with Crippen molar-refractivity contribution in [2.24, 2.45) is 0 Å². The average Bonchev–Trinajstić information content (AvgIpc) is 2.35. The third-order valence-electron chi connectivity index (χ3n) is 2.82. The Kier molecular flexibility index (Phi) is 4.23. The number of rotatable bonds is 2. The van der Waals surface area contributed by atoms with E-state index in [0.29, 0.717) is 10.7 Å². The maximum atomic E-state index is 8.97. The van der Waals surface area contributed by atoms with Crippen LogP contribution in [0.2, 0.25) is 0 Å². The Morgan fingerprint density at radius 1 is 1.11 bits per heavy atom. The molecule has 0 aliphatic carbocycles. The zero-order valence-corrected chi connectivity index (χ0v) is 13.3. The molecular formula is C14H12BrN3S. The third kappa shape index (κ3) is 3.34. The van der Waals surface area contributed by atoms with Crippen molar-refractivity contribution in [1.82, 2.24) is 9.97 Å². The van der Waals surface area contributed by atoms with Crippen molar-refractivity contribution in [2.45, 2.75) is 30.8 Å². The van der Waals surface area contributed by atoms with Gasteiger partial charge < -0.3 is 0 Å². The molecule has 1 aromatic heterocycles. The van der Waals surface area contributed by atoms with Crippen LogP contribution in [0.1, 0.15) is 22.5 Å². The highest BCUT2D eigenvalue weighted by Crippen LogP contribution is 2.29. The predicted molar refractivity (Wildman–Crippen MR) is 79.2 cm³/mol. The Hall–Kier alpha value is -1.38. The molecule has 0 atom stereocenters. The molecule has 0 unspecified atom stereocenters. The van der Waals surface area contributed by atoms with Crippen molar-refractivity contribution < 1.29 is 0 Å². The van der Waals surface area contributed by atoms with Crippen LogP contribution in [-0.4, -0.2) is 9.97 Å². The molecule has 0 radical (unpaired) electrons. The highest BCUT2D eigenvalue weighted by Gasteiger charge is 2.07. The van der Waals surface area contributed by atoms with E-state index in [1.54, 1.807) is 6.07 Å². The average molecular weight is 334 g/mol. The fourth-order valence-electron chi connectivity index (χ4n) is 1.58. The van der Waals surface area contributed by atoms with E-state index < -0.39 is 0 Å². The maximum Gasteiger partial charge on any atom is 0.192 e.